The summed E-state index contributed by atoms with van der Waals surface area (Å²) in [5.41, 5.74) is 0.903. The van der Waals surface area contributed by atoms with Crippen molar-refractivity contribution in [2.24, 2.45) is 0 Å². The minimum Gasteiger partial charge on any atom is -0.387 e. The second-order valence-electron chi connectivity index (χ2n) is 3.98. The number of rotatable bonds is 6. The largest absolute Gasteiger partial charge is 0.387 e. The van der Waals surface area contributed by atoms with Gasteiger partial charge in [0.2, 0.25) is 0 Å². The lowest BCUT2D eigenvalue weighted by molar-refractivity contribution is 0.172. The molecule has 3 atom stereocenters. The fourth-order valence-electron chi connectivity index (χ4n) is 1.52. The van der Waals surface area contributed by atoms with Gasteiger partial charge in [-0.15, -0.1) is 0 Å². The van der Waals surface area contributed by atoms with Crippen LogP contribution in [-0.4, -0.2) is 33.9 Å². The van der Waals surface area contributed by atoms with Crippen LogP contribution in [0.5, 0.6) is 0 Å². The fourth-order valence-corrected chi connectivity index (χ4v) is 2.34. The van der Waals surface area contributed by atoms with Gasteiger partial charge in [-0.3, -0.25) is 4.21 Å². The summed E-state index contributed by atoms with van der Waals surface area (Å²) in [6.07, 6.45) is 1.18. The number of nitrogens with one attached hydrogen (secondary N) is 1. The van der Waals surface area contributed by atoms with Crippen LogP contribution in [0.25, 0.3) is 0 Å². The quantitative estimate of drug-likeness (QED) is 0.783. The van der Waals surface area contributed by atoms with E-state index in [2.05, 4.69) is 5.32 Å². The molecule has 0 aliphatic heterocycles. The SMILES string of the molecule is CC(CS(C)=O)NCC(O)c1ccccc1. The highest BCUT2D eigenvalue weighted by atomic mass is 32.2. The molecule has 1 aromatic carbocycles. The molecule has 90 valence electrons. The first-order valence-corrected chi connectivity index (χ1v) is 7.08. The van der Waals surface area contributed by atoms with Crippen LogP contribution in [0.1, 0.15) is 18.6 Å². The molecule has 1 aromatic rings. The van der Waals surface area contributed by atoms with E-state index in [0.717, 1.165) is 5.56 Å². The predicted molar refractivity (Wildman–Crippen MR) is 67.8 cm³/mol. The third-order valence-electron chi connectivity index (χ3n) is 2.33. The normalized spacial score (nSPS) is 16.7. The van der Waals surface area contributed by atoms with E-state index in [0.29, 0.717) is 12.3 Å². The molecule has 0 amide bonds. The van der Waals surface area contributed by atoms with Gasteiger partial charge in [-0.2, -0.15) is 0 Å². The first-order valence-electron chi connectivity index (χ1n) is 5.36. The number of aliphatic hydroxyl groups excluding tert-OH is 1. The summed E-state index contributed by atoms with van der Waals surface area (Å²) in [6.45, 7) is 2.46. The molecule has 0 aromatic heterocycles. The average molecular weight is 241 g/mol. The Morgan fingerprint density at radius 3 is 2.56 bits per heavy atom. The molecule has 3 unspecified atom stereocenters. The van der Waals surface area contributed by atoms with Gasteiger partial charge in [0, 0.05) is 35.4 Å². The second-order valence-corrected chi connectivity index (χ2v) is 5.46. The van der Waals surface area contributed by atoms with E-state index in [1.807, 2.05) is 37.3 Å². The van der Waals surface area contributed by atoms with E-state index < -0.39 is 16.9 Å². The molecule has 3 nitrogen and oxygen atoms in total. The summed E-state index contributed by atoms with van der Waals surface area (Å²) >= 11 is 0. The zero-order valence-corrected chi connectivity index (χ0v) is 10.5. The highest BCUT2D eigenvalue weighted by molar-refractivity contribution is 7.84. The zero-order chi connectivity index (χ0) is 12.0. The van der Waals surface area contributed by atoms with Crippen molar-refractivity contribution in [2.45, 2.75) is 19.1 Å². The first kappa shape index (κ1) is 13.4. The minimum atomic E-state index is -0.799. The fraction of sp³-hybridized carbons (Fsp3) is 0.500. The van der Waals surface area contributed by atoms with Crippen LogP contribution in [0.3, 0.4) is 0 Å². The maximum Gasteiger partial charge on any atom is 0.0914 e. The Morgan fingerprint density at radius 2 is 2.00 bits per heavy atom. The van der Waals surface area contributed by atoms with Crippen molar-refractivity contribution in [3.63, 3.8) is 0 Å². The molecular weight excluding hydrogens is 222 g/mol. The number of aliphatic hydroxyl groups is 1. The van der Waals surface area contributed by atoms with Crippen LogP contribution in [0.2, 0.25) is 0 Å². The topological polar surface area (TPSA) is 49.3 Å². The average Bonchev–Trinajstić information content (AvgIpc) is 2.26. The lowest BCUT2D eigenvalue weighted by Crippen LogP contribution is -2.34. The van der Waals surface area contributed by atoms with Crippen molar-refractivity contribution in [3.8, 4) is 0 Å². The molecular formula is C12H19NO2S. The molecule has 2 N–H and O–H groups in total. The van der Waals surface area contributed by atoms with Crippen molar-refractivity contribution >= 4 is 10.8 Å². The molecule has 0 aliphatic carbocycles. The second kappa shape index (κ2) is 6.78. The van der Waals surface area contributed by atoms with Crippen molar-refractivity contribution in [1.82, 2.24) is 5.32 Å². The Hall–Kier alpha value is -0.710. The number of hydrogen-bond donors (Lipinski definition) is 2. The maximum atomic E-state index is 11.0. The highest BCUT2D eigenvalue weighted by Crippen LogP contribution is 2.10. The first-order chi connectivity index (χ1) is 7.59. The molecule has 0 heterocycles. The Kier molecular flexibility index (Phi) is 5.66. The van der Waals surface area contributed by atoms with E-state index >= 15 is 0 Å². The summed E-state index contributed by atoms with van der Waals surface area (Å²) in [7, 11) is -0.799. The lowest BCUT2D eigenvalue weighted by Gasteiger charge is -2.16. The third kappa shape index (κ3) is 4.88. The number of benzene rings is 1. The summed E-state index contributed by atoms with van der Waals surface area (Å²) < 4.78 is 11.0. The van der Waals surface area contributed by atoms with Crippen LogP contribution >= 0.6 is 0 Å². The summed E-state index contributed by atoms with van der Waals surface area (Å²) in [4.78, 5) is 0. The van der Waals surface area contributed by atoms with Crippen molar-refractivity contribution in [1.29, 1.82) is 0 Å². The van der Waals surface area contributed by atoms with Crippen molar-refractivity contribution in [2.75, 3.05) is 18.6 Å². The van der Waals surface area contributed by atoms with Gasteiger partial charge in [-0.1, -0.05) is 30.3 Å². The molecule has 0 fully saturated rings. The van der Waals surface area contributed by atoms with Crippen LogP contribution in [0.15, 0.2) is 30.3 Å². The highest BCUT2D eigenvalue weighted by Gasteiger charge is 2.09. The molecule has 4 heteroatoms. The predicted octanol–water partition coefficient (Wildman–Crippen LogP) is 1.08. The standard InChI is InChI=1S/C12H19NO2S/c1-10(9-16(2)15)13-8-12(14)11-6-4-3-5-7-11/h3-7,10,12-14H,8-9H2,1-2H3. The zero-order valence-electron chi connectivity index (χ0n) is 9.72. The summed E-state index contributed by atoms with van der Waals surface area (Å²) in [5.74, 6) is 0.613. The Bertz CT molecular complexity index is 329. The lowest BCUT2D eigenvalue weighted by atomic mass is 10.1. The monoisotopic (exact) mass is 241 g/mol. The van der Waals surface area contributed by atoms with Crippen LogP contribution < -0.4 is 5.32 Å². The Labute approximate surface area is 99.3 Å². The smallest absolute Gasteiger partial charge is 0.0914 e. The van der Waals surface area contributed by atoms with Gasteiger partial charge < -0.3 is 10.4 Å². The van der Waals surface area contributed by atoms with E-state index in [9.17, 15) is 9.32 Å². The van der Waals surface area contributed by atoms with Gasteiger partial charge in [-0.05, 0) is 12.5 Å². The van der Waals surface area contributed by atoms with E-state index in [1.165, 1.54) is 0 Å². The Morgan fingerprint density at radius 1 is 1.38 bits per heavy atom. The van der Waals surface area contributed by atoms with Gasteiger partial charge >= 0.3 is 0 Å². The molecule has 0 bridgehead atoms. The van der Waals surface area contributed by atoms with Gasteiger partial charge in [-0.25, -0.2) is 0 Å². The molecule has 0 saturated carbocycles. The van der Waals surface area contributed by atoms with Crippen LogP contribution in [-0.2, 0) is 10.8 Å². The molecule has 0 saturated heterocycles. The van der Waals surface area contributed by atoms with Gasteiger partial charge in [0.05, 0.1) is 6.10 Å². The third-order valence-corrected chi connectivity index (χ3v) is 3.30. The maximum absolute atomic E-state index is 11.0. The summed E-state index contributed by atoms with van der Waals surface area (Å²) in [5, 5.41) is 13.0. The van der Waals surface area contributed by atoms with Crippen LogP contribution in [0, 0.1) is 0 Å². The summed E-state index contributed by atoms with van der Waals surface area (Å²) in [6, 6.07) is 9.69. The minimum absolute atomic E-state index is 0.157. The van der Waals surface area contributed by atoms with Gasteiger partial charge in [0.15, 0.2) is 0 Å². The van der Waals surface area contributed by atoms with Crippen molar-refractivity contribution in [3.05, 3.63) is 35.9 Å². The Balaban J connectivity index is 2.35. The van der Waals surface area contributed by atoms with E-state index in [4.69, 9.17) is 0 Å². The molecule has 0 spiro atoms. The number of hydrogen-bond acceptors (Lipinski definition) is 3. The van der Waals surface area contributed by atoms with E-state index in [1.54, 1.807) is 6.26 Å². The molecule has 1 rings (SSSR count). The van der Waals surface area contributed by atoms with Crippen molar-refractivity contribution < 1.29 is 9.32 Å². The van der Waals surface area contributed by atoms with Gasteiger partial charge in [0.1, 0.15) is 0 Å². The molecule has 0 aliphatic rings. The molecule has 16 heavy (non-hydrogen) atoms. The van der Waals surface area contributed by atoms with Crippen LogP contribution in [0.4, 0.5) is 0 Å². The van der Waals surface area contributed by atoms with E-state index in [-0.39, 0.29) is 6.04 Å². The molecule has 0 radical (unpaired) electrons. The van der Waals surface area contributed by atoms with Gasteiger partial charge in [0.25, 0.3) is 0 Å².